The first-order chi connectivity index (χ1) is 15.9. The maximum absolute atomic E-state index is 13.2. The molecule has 0 saturated carbocycles. The van der Waals surface area contributed by atoms with Gasteiger partial charge in [-0.1, -0.05) is 86.6 Å². The van der Waals surface area contributed by atoms with Crippen LogP contribution in [0.5, 0.6) is 0 Å². The lowest BCUT2D eigenvalue weighted by Crippen LogP contribution is -2.26. The van der Waals surface area contributed by atoms with Crippen LogP contribution in [0.2, 0.25) is 0 Å². The molecule has 4 rings (SSSR count). The van der Waals surface area contributed by atoms with Gasteiger partial charge in [-0.05, 0) is 40.7 Å². The predicted octanol–water partition coefficient (Wildman–Crippen LogP) is 5.31. The maximum Gasteiger partial charge on any atom is 0.336 e. The number of hydrogen-bond acceptors (Lipinski definition) is 2. The van der Waals surface area contributed by atoms with Gasteiger partial charge in [0.05, 0.1) is 18.7 Å². The first-order valence-electron chi connectivity index (χ1n) is 11.2. The highest BCUT2D eigenvalue weighted by Gasteiger charge is 2.14. The van der Waals surface area contributed by atoms with Crippen LogP contribution in [-0.2, 0) is 19.5 Å². The molecule has 33 heavy (non-hydrogen) atoms. The number of imidazole rings is 1. The third-order valence-electron chi connectivity index (χ3n) is 5.70. The highest BCUT2D eigenvalue weighted by Crippen LogP contribution is 2.24. The molecule has 5 nitrogen and oxygen atoms in total. The highest BCUT2D eigenvalue weighted by atomic mass is 16.4. The standard InChI is InChI=1S/C28H28N2O3/c1-20(2)16-24-19-29(17-21-8-4-3-5-9-21)28(33)30(24)18-22-12-14-23(15-13-22)25-10-6-7-11-26(25)27(31)32/h3-15,19-20H,16-18H2,1-2H3,(H,31,32). The Bertz CT molecular complexity index is 1300. The Kier molecular flexibility index (Phi) is 6.59. The second-order valence-corrected chi connectivity index (χ2v) is 8.75. The number of carbonyl (C=O) groups is 1. The molecular weight excluding hydrogens is 412 g/mol. The lowest BCUT2D eigenvalue weighted by Gasteiger charge is -2.11. The molecule has 0 fully saturated rings. The molecule has 0 aliphatic heterocycles. The number of carboxylic acid groups (broad SMARTS) is 1. The molecular formula is C28H28N2O3. The molecule has 0 atom stereocenters. The Balaban J connectivity index is 1.63. The summed E-state index contributed by atoms with van der Waals surface area (Å²) in [5.41, 5.74) is 4.89. The molecule has 0 unspecified atom stereocenters. The summed E-state index contributed by atoms with van der Waals surface area (Å²) < 4.78 is 3.63. The summed E-state index contributed by atoms with van der Waals surface area (Å²) in [6.45, 7) is 5.32. The maximum atomic E-state index is 13.2. The van der Waals surface area contributed by atoms with Crippen LogP contribution < -0.4 is 5.69 Å². The minimum Gasteiger partial charge on any atom is -0.478 e. The number of carboxylic acids is 1. The van der Waals surface area contributed by atoms with E-state index in [0.29, 0.717) is 24.6 Å². The van der Waals surface area contributed by atoms with Crippen LogP contribution in [0.15, 0.2) is 89.9 Å². The molecule has 0 aliphatic carbocycles. The molecule has 0 saturated heterocycles. The van der Waals surface area contributed by atoms with Gasteiger partial charge >= 0.3 is 11.7 Å². The Morgan fingerprint density at radius 1 is 0.848 bits per heavy atom. The smallest absolute Gasteiger partial charge is 0.336 e. The van der Waals surface area contributed by atoms with Crippen LogP contribution in [0.25, 0.3) is 11.1 Å². The Labute approximate surface area is 193 Å². The fourth-order valence-electron chi connectivity index (χ4n) is 4.12. The molecule has 1 aromatic heterocycles. The monoisotopic (exact) mass is 440 g/mol. The molecule has 0 amide bonds. The van der Waals surface area contributed by atoms with E-state index in [1.165, 1.54) is 0 Å². The van der Waals surface area contributed by atoms with E-state index in [1.807, 2.05) is 77.5 Å². The van der Waals surface area contributed by atoms with Crippen molar-refractivity contribution in [3.05, 3.63) is 118 Å². The van der Waals surface area contributed by atoms with Gasteiger partial charge < -0.3 is 5.11 Å². The van der Waals surface area contributed by atoms with Gasteiger partial charge in [-0.25, -0.2) is 9.59 Å². The SMILES string of the molecule is CC(C)Cc1cn(Cc2ccccc2)c(=O)n1Cc1ccc(-c2ccccc2C(=O)O)cc1. The molecule has 168 valence electrons. The number of aromatic carboxylic acids is 1. The molecule has 0 aliphatic rings. The molecule has 0 bridgehead atoms. The van der Waals surface area contributed by atoms with Crippen LogP contribution in [0.1, 0.15) is 41.0 Å². The zero-order chi connectivity index (χ0) is 23.4. The van der Waals surface area contributed by atoms with E-state index in [2.05, 4.69) is 13.8 Å². The zero-order valence-electron chi connectivity index (χ0n) is 18.9. The van der Waals surface area contributed by atoms with Crippen molar-refractivity contribution < 1.29 is 9.90 Å². The molecule has 5 heteroatoms. The van der Waals surface area contributed by atoms with Crippen molar-refractivity contribution in [3.8, 4) is 11.1 Å². The van der Waals surface area contributed by atoms with Crippen LogP contribution in [0.3, 0.4) is 0 Å². The van der Waals surface area contributed by atoms with Crippen molar-refractivity contribution in [1.82, 2.24) is 9.13 Å². The third-order valence-corrected chi connectivity index (χ3v) is 5.70. The fraction of sp³-hybridized carbons (Fsp3) is 0.214. The lowest BCUT2D eigenvalue weighted by molar-refractivity contribution is 0.0697. The number of benzene rings is 3. The van der Waals surface area contributed by atoms with E-state index in [-0.39, 0.29) is 11.3 Å². The summed E-state index contributed by atoms with van der Waals surface area (Å²) >= 11 is 0. The van der Waals surface area contributed by atoms with Gasteiger partial charge in [-0.3, -0.25) is 9.13 Å². The third kappa shape index (κ3) is 5.14. The van der Waals surface area contributed by atoms with Gasteiger partial charge in [0.2, 0.25) is 0 Å². The minimum absolute atomic E-state index is 0.0187. The molecule has 3 aromatic carbocycles. The first kappa shape index (κ1) is 22.3. The Morgan fingerprint density at radius 3 is 2.15 bits per heavy atom. The number of aromatic nitrogens is 2. The van der Waals surface area contributed by atoms with Gasteiger partial charge in [0.25, 0.3) is 0 Å². The van der Waals surface area contributed by atoms with E-state index in [9.17, 15) is 14.7 Å². The van der Waals surface area contributed by atoms with Gasteiger partial charge in [0, 0.05) is 11.9 Å². The molecule has 1 N–H and O–H groups in total. The van der Waals surface area contributed by atoms with Crippen molar-refractivity contribution in [1.29, 1.82) is 0 Å². The molecule has 0 spiro atoms. The van der Waals surface area contributed by atoms with Crippen molar-refractivity contribution in [2.75, 3.05) is 0 Å². The largest absolute Gasteiger partial charge is 0.478 e. The normalized spacial score (nSPS) is 11.1. The van der Waals surface area contributed by atoms with Crippen molar-refractivity contribution >= 4 is 5.97 Å². The van der Waals surface area contributed by atoms with Gasteiger partial charge in [-0.2, -0.15) is 0 Å². The van der Waals surface area contributed by atoms with Crippen molar-refractivity contribution in [2.24, 2.45) is 5.92 Å². The second-order valence-electron chi connectivity index (χ2n) is 8.75. The quantitative estimate of drug-likeness (QED) is 0.404. The summed E-state index contributed by atoms with van der Waals surface area (Å²) in [7, 11) is 0. The van der Waals surface area contributed by atoms with Crippen LogP contribution >= 0.6 is 0 Å². The predicted molar refractivity (Wildman–Crippen MR) is 131 cm³/mol. The average Bonchev–Trinajstić information content (AvgIpc) is 3.08. The molecule has 0 radical (unpaired) electrons. The van der Waals surface area contributed by atoms with Gasteiger partial charge in [0.1, 0.15) is 0 Å². The second kappa shape index (κ2) is 9.74. The number of nitrogens with zero attached hydrogens (tertiary/aromatic N) is 2. The Hall–Kier alpha value is -3.86. The first-order valence-corrected chi connectivity index (χ1v) is 11.2. The lowest BCUT2D eigenvalue weighted by atomic mass is 9.98. The zero-order valence-corrected chi connectivity index (χ0v) is 18.9. The molecule has 4 aromatic rings. The van der Waals surface area contributed by atoms with Gasteiger partial charge in [-0.15, -0.1) is 0 Å². The van der Waals surface area contributed by atoms with Crippen molar-refractivity contribution in [3.63, 3.8) is 0 Å². The van der Waals surface area contributed by atoms with Crippen LogP contribution in [0, 0.1) is 5.92 Å². The minimum atomic E-state index is -0.945. The number of hydrogen-bond donors (Lipinski definition) is 1. The van der Waals surface area contributed by atoms with Crippen LogP contribution in [-0.4, -0.2) is 20.2 Å². The van der Waals surface area contributed by atoms with E-state index in [1.54, 1.807) is 16.7 Å². The van der Waals surface area contributed by atoms with E-state index < -0.39 is 5.97 Å². The number of rotatable bonds is 8. The summed E-state index contributed by atoms with van der Waals surface area (Å²) in [6.07, 6.45) is 2.80. The van der Waals surface area contributed by atoms with Crippen molar-refractivity contribution in [2.45, 2.75) is 33.4 Å². The van der Waals surface area contributed by atoms with Crippen LogP contribution in [0.4, 0.5) is 0 Å². The summed E-state index contributed by atoms with van der Waals surface area (Å²) in [6, 6.07) is 24.8. The average molecular weight is 441 g/mol. The van der Waals surface area contributed by atoms with Gasteiger partial charge in [0.15, 0.2) is 0 Å². The van der Waals surface area contributed by atoms with E-state index in [4.69, 9.17) is 0 Å². The van der Waals surface area contributed by atoms with E-state index >= 15 is 0 Å². The summed E-state index contributed by atoms with van der Waals surface area (Å²) in [5, 5.41) is 9.48. The summed E-state index contributed by atoms with van der Waals surface area (Å²) in [5.74, 6) is -0.516. The Morgan fingerprint density at radius 2 is 1.48 bits per heavy atom. The highest BCUT2D eigenvalue weighted by molar-refractivity contribution is 5.95. The summed E-state index contributed by atoms with van der Waals surface area (Å²) in [4.78, 5) is 24.8. The molecule has 1 heterocycles. The van der Waals surface area contributed by atoms with E-state index in [0.717, 1.165) is 28.8 Å². The topological polar surface area (TPSA) is 64.2 Å². The fourth-order valence-corrected chi connectivity index (χ4v) is 4.12.